The molecule has 6 amide bonds. The summed E-state index contributed by atoms with van der Waals surface area (Å²) in [6.45, 7) is 12.0. The maximum absolute atomic E-state index is 14.8. The van der Waals surface area contributed by atoms with E-state index in [1.165, 1.54) is 33.0 Å². The van der Waals surface area contributed by atoms with Crippen molar-refractivity contribution in [2.24, 2.45) is 11.5 Å². The first-order chi connectivity index (χ1) is 31.7. The minimum atomic E-state index is -1.60. The second kappa shape index (κ2) is 21.7. The fourth-order valence-corrected chi connectivity index (χ4v) is 7.74. The summed E-state index contributed by atoms with van der Waals surface area (Å²) in [6, 6.07) is 11.8. The Balaban J connectivity index is 1.61. The summed E-state index contributed by atoms with van der Waals surface area (Å²) in [7, 11) is 1.33. The number of carbonyl (C=O) groups excluding carboxylic acids is 6. The molecule has 4 bridgehead atoms. The first-order valence-corrected chi connectivity index (χ1v) is 21.8. The Labute approximate surface area is 389 Å². The summed E-state index contributed by atoms with van der Waals surface area (Å²) < 4.78 is 5.98. The Morgan fingerprint density at radius 1 is 0.970 bits per heavy atom. The van der Waals surface area contributed by atoms with Crippen LogP contribution in [0.1, 0.15) is 85.5 Å². The highest BCUT2D eigenvalue weighted by Gasteiger charge is 2.37. The number of nitrogens with two attached hydrogens (primary N) is 2. The van der Waals surface area contributed by atoms with Crippen molar-refractivity contribution < 1.29 is 38.6 Å². The van der Waals surface area contributed by atoms with E-state index in [1.807, 2.05) is 30.3 Å². The average molecular weight is 918 g/mol. The van der Waals surface area contributed by atoms with Crippen LogP contribution < -0.4 is 42.8 Å². The van der Waals surface area contributed by atoms with Gasteiger partial charge in [0.15, 0.2) is 5.82 Å². The largest absolute Gasteiger partial charge is 0.505 e. The number of benzene rings is 3. The third-order valence-electron chi connectivity index (χ3n) is 11.2. The van der Waals surface area contributed by atoms with Crippen LogP contribution in [0.4, 0.5) is 5.69 Å². The third-order valence-corrected chi connectivity index (χ3v) is 11.2. The van der Waals surface area contributed by atoms with Gasteiger partial charge in [0.25, 0.3) is 5.91 Å². The number of aromatic nitrogens is 2. The van der Waals surface area contributed by atoms with Crippen molar-refractivity contribution in [1.29, 1.82) is 5.26 Å². The maximum atomic E-state index is 14.8. The van der Waals surface area contributed by atoms with Gasteiger partial charge in [0.1, 0.15) is 48.8 Å². The van der Waals surface area contributed by atoms with E-state index in [-0.39, 0.29) is 78.2 Å². The molecule has 19 heteroatoms. The maximum Gasteiger partial charge on any atom is 0.255 e. The second-order valence-electron chi connectivity index (χ2n) is 17.4. The monoisotopic (exact) mass is 917 g/mol. The normalized spacial score (nSPS) is 16.5. The van der Waals surface area contributed by atoms with Crippen LogP contribution in [0.5, 0.6) is 11.5 Å². The predicted octanol–water partition coefficient (Wildman–Crippen LogP) is 2.56. The number of fused-ring (bicyclic) bond motifs is 5. The fourth-order valence-electron chi connectivity index (χ4n) is 7.74. The lowest BCUT2D eigenvalue weighted by Gasteiger charge is -2.33. The lowest BCUT2D eigenvalue weighted by molar-refractivity contribution is -0.141. The van der Waals surface area contributed by atoms with Gasteiger partial charge in [-0.1, -0.05) is 51.1 Å². The topological polar surface area (TPSA) is 297 Å². The van der Waals surface area contributed by atoms with E-state index in [0.717, 1.165) is 16.0 Å². The molecular weight excluding hydrogens is 859 g/mol. The molecule has 2 heterocycles. The minimum absolute atomic E-state index is 0.0514. The molecule has 0 spiro atoms. The quantitative estimate of drug-likeness (QED) is 0.0708. The van der Waals surface area contributed by atoms with E-state index in [1.54, 1.807) is 32.0 Å². The molecule has 4 atom stereocenters. The van der Waals surface area contributed by atoms with E-state index in [2.05, 4.69) is 57.3 Å². The molecule has 3 aromatic carbocycles. The molecule has 0 aliphatic carbocycles. The Hall–Kier alpha value is -7.43. The number of aryl methyl sites for hydroxylation is 2. The lowest BCUT2D eigenvalue weighted by Crippen LogP contribution is -2.56. The molecule has 354 valence electrons. The van der Waals surface area contributed by atoms with Crippen LogP contribution in [0.15, 0.2) is 54.6 Å². The van der Waals surface area contributed by atoms with Crippen LogP contribution in [0.2, 0.25) is 0 Å². The van der Waals surface area contributed by atoms with Crippen molar-refractivity contribution in [3.63, 3.8) is 0 Å². The highest BCUT2D eigenvalue weighted by atomic mass is 16.5. The van der Waals surface area contributed by atoms with Crippen molar-refractivity contribution in [1.82, 2.24) is 36.1 Å². The Kier molecular flexibility index (Phi) is 16.4. The van der Waals surface area contributed by atoms with Crippen molar-refractivity contribution in [3.8, 4) is 40.1 Å². The summed E-state index contributed by atoms with van der Waals surface area (Å²) in [6.07, 6.45) is -0.164. The number of phenolic OH excluding ortho intramolecular Hbond substituents is 1. The number of phenols is 1. The first kappa shape index (κ1) is 50.6. The molecule has 19 nitrogen and oxygen atoms in total. The Morgan fingerprint density at radius 3 is 2.24 bits per heavy atom. The molecule has 67 heavy (non-hydrogen) atoms. The van der Waals surface area contributed by atoms with Crippen LogP contribution in [0, 0.1) is 25.2 Å². The molecule has 10 N–H and O–H groups in total. The van der Waals surface area contributed by atoms with Crippen molar-refractivity contribution in [3.05, 3.63) is 88.2 Å². The summed E-state index contributed by atoms with van der Waals surface area (Å²) in [5.74, 6) is -4.11. The minimum Gasteiger partial charge on any atom is -0.505 e. The standard InChI is InChI=1S/C48H59N11O8/c1-25-39(26(2)54-42(53-25)30-10-12-32(13-11-30)48(5,6)7)45(64)57-35(15-16-49)47(66)59(8)40-31-23-34(41(61)36(24-31)56-28(4)60)33-21-29(9-14-38(33)67-20-18-51)22-37(44(63)52-19-17-50)58-43(62)27(3)55-46(40)65/h9-14,21,23-24,27,35,37,40,61H,15-16,18-20,22,49,51H2,1-8H3,(H,52,63)(H,55,65)(H,56,60)(H,57,64)(H,58,62)/t27-,35-,37-,40-/m0/s1. The number of nitriles is 1. The molecule has 0 fully saturated rings. The summed E-state index contributed by atoms with van der Waals surface area (Å²) in [5.41, 5.74) is 15.2. The number of anilines is 1. The SMILES string of the molecule is CC(=O)Nc1cc2cc(c1O)-c1cc(ccc1OCCN)C[C@@H](C(=O)NCC#N)NC(=O)[C@H](C)NC(=O)[C@H]2N(C)C(=O)[C@H](CCN)NC(=O)c1c(C)nc(-c2ccc(C(C)(C)C)cc2)nc1C. The average Bonchev–Trinajstić information content (AvgIpc) is 3.27. The van der Waals surface area contributed by atoms with Gasteiger partial charge in [-0.05, 0) is 80.1 Å². The molecule has 0 saturated carbocycles. The van der Waals surface area contributed by atoms with Gasteiger partial charge in [-0.15, -0.1) is 0 Å². The van der Waals surface area contributed by atoms with Crippen LogP contribution in [-0.2, 0) is 35.8 Å². The zero-order valence-corrected chi connectivity index (χ0v) is 39.0. The van der Waals surface area contributed by atoms with Gasteiger partial charge in [-0.3, -0.25) is 28.8 Å². The molecule has 4 aromatic rings. The fraction of sp³-hybridized carbons (Fsp3) is 0.396. The molecule has 5 rings (SSSR count). The Morgan fingerprint density at radius 2 is 1.64 bits per heavy atom. The number of nitrogens with zero attached hydrogens (tertiary/aromatic N) is 4. The van der Waals surface area contributed by atoms with Crippen LogP contribution >= 0.6 is 0 Å². The zero-order chi connectivity index (χ0) is 49.3. The highest BCUT2D eigenvalue weighted by Crippen LogP contribution is 2.44. The van der Waals surface area contributed by atoms with Crippen LogP contribution in [-0.4, -0.2) is 107 Å². The lowest BCUT2D eigenvalue weighted by atomic mass is 9.86. The number of ether oxygens (including phenoxy) is 1. The van der Waals surface area contributed by atoms with E-state index >= 15 is 0 Å². The number of likely N-dealkylation sites (N-methyl/N-ethyl adjacent to an activating group) is 1. The van der Waals surface area contributed by atoms with Gasteiger partial charge in [-0.25, -0.2) is 9.97 Å². The van der Waals surface area contributed by atoms with Crippen LogP contribution in [0.25, 0.3) is 22.5 Å². The first-order valence-electron chi connectivity index (χ1n) is 21.8. The number of hydrogen-bond donors (Lipinski definition) is 8. The molecule has 0 radical (unpaired) electrons. The molecule has 1 aliphatic rings. The van der Waals surface area contributed by atoms with E-state index in [4.69, 9.17) is 21.5 Å². The third kappa shape index (κ3) is 12.1. The molecule has 0 unspecified atom stereocenters. The number of rotatable bonds is 13. The zero-order valence-electron chi connectivity index (χ0n) is 39.0. The number of amides is 6. The number of aromatic hydroxyl groups is 1. The summed E-state index contributed by atoms with van der Waals surface area (Å²) in [5, 5.41) is 34.1. The van der Waals surface area contributed by atoms with Gasteiger partial charge >= 0.3 is 0 Å². The second-order valence-corrected chi connectivity index (χ2v) is 17.4. The molecule has 1 aliphatic heterocycles. The van der Waals surface area contributed by atoms with E-state index in [9.17, 15) is 33.9 Å². The summed E-state index contributed by atoms with van der Waals surface area (Å²) >= 11 is 0. The number of carbonyl (C=O) groups is 6. The van der Waals surface area contributed by atoms with Gasteiger partial charge in [-0.2, -0.15) is 5.26 Å². The Bertz CT molecular complexity index is 2560. The molecular formula is C48H59N11O8. The predicted molar refractivity (Wildman–Crippen MR) is 250 cm³/mol. The number of nitrogens with one attached hydrogen (secondary N) is 5. The van der Waals surface area contributed by atoms with E-state index < -0.39 is 65.4 Å². The van der Waals surface area contributed by atoms with Gasteiger partial charge in [0.2, 0.25) is 29.5 Å². The molecule has 0 saturated heterocycles. The van der Waals surface area contributed by atoms with Crippen LogP contribution in [0.3, 0.4) is 0 Å². The smallest absolute Gasteiger partial charge is 0.255 e. The van der Waals surface area contributed by atoms with Gasteiger partial charge in [0, 0.05) is 43.6 Å². The summed E-state index contributed by atoms with van der Waals surface area (Å²) in [4.78, 5) is 93.6. The van der Waals surface area contributed by atoms with Crippen molar-refractivity contribution in [2.75, 3.05) is 38.6 Å². The number of hydrogen-bond acceptors (Lipinski definition) is 13. The van der Waals surface area contributed by atoms with Crippen molar-refractivity contribution in [2.45, 2.75) is 90.9 Å². The van der Waals surface area contributed by atoms with E-state index in [0.29, 0.717) is 22.8 Å². The molecule has 1 aromatic heterocycles. The highest BCUT2D eigenvalue weighted by molar-refractivity contribution is 6.01. The van der Waals surface area contributed by atoms with Gasteiger partial charge in [0.05, 0.1) is 28.7 Å². The van der Waals surface area contributed by atoms with Crippen molar-refractivity contribution >= 4 is 41.1 Å². The van der Waals surface area contributed by atoms with Gasteiger partial charge < -0.3 is 52.8 Å².